The molecule has 0 heterocycles. The molecule has 3 N–H and O–H groups in total. The van der Waals surface area contributed by atoms with Crippen LogP contribution in [0.4, 0.5) is 15.8 Å². The van der Waals surface area contributed by atoms with Crippen molar-refractivity contribution < 1.29 is 9.13 Å². The molecule has 2 aromatic carbocycles. The summed E-state index contributed by atoms with van der Waals surface area (Å²) in [6, 6.07) is 11.9. The fraction of sp³-hybridized carbons (Fsp3) is 0.0714. The highest BCUT2D eigenvalue weighted by molar-refractivity contribution is 7.80. The zero-order valence-corrected chi connectivity index (χ0v) is 11.1. The molecule has 0 aromatic heterocycles. The molecule has 0 aliphatic rings. The highest BCUT2D eigenvalue weighted by Crippen LogP contribution is 2.24. The Morgan fingerprint density at radius 3 is 2.37 bits per heavy atom. The van der Waals surface area contributed by atoms with Gasteiger partial charge in [0.2, 0.25) is 0 Å². The van der Waals surface area contributed by atoms with E-state index in [0.29, 0.717) is 4.99 Å². The van der Waals surface area contributed by atoms with Crippen molar-refractivity contribution in [1.29, 1.82) is 0 Å². The highest BCUT2D eigenvalue weighted by Gasteiger charge is 2.04. The van der Waals surface area contributed by atoms with Crippen molar-refractivity contribution >= 4 is 28.6 Å². The molecule has 2 rings (SSSR count). The quantitative estimate of drug-likeness (QED) is 0.842. The number of hydrogen-bond donors (Lipinski definition) is 2. The first-order valence-electron chi connectivity index (χ1n) is 5.60. The van der Waals surface area contributed by atoms with Gasteiger partial charge in [-0.3, -0.25) is 0 Å². The summed E-state index contributed by atoms with van der Waals surface area (Å²) < 4.78 is 18.2. The van der Waals surface area contributed by atoms with Gasteiger partial charge in [-0.15, -0.1) is 0 Å². The van der Waals surface area contributed by atoms with Gasteiger partial charge in [-0.2, -0.15) is 0 Å². The van der Waals surface area contributed by atoms with Gasteiger partial charge in [-0.1, -0.05) is 12.2 Å². The molecule has 0 saturated heterocycles. The molecule has 0 spiro atoms. The minimum absolute atomic E-state index is 0.199. The number of halogens is 1. The number of anilines is 2. The fourth-order valence-electron chi connectivity index (χ4n) is 1.62. The van der Waals surface area contributed by atoms with Gasteiger partial charge in [-0.25, -0.2) is 4.39 Å². The van der Waals surface area contributed by atoms with Crippen molar-refractivity contribution in [2.24, 2.45) is 5.73 Å². The largest absolute Gasteiger partial charge is 0.494 e. The van der Waals surface area contributed by atoms with E-state index >= 15 is 0 Å². The zero-order chi connectivity index (χ0) is 13.8. The topological polar surface area (TPSA) is 47.3 Å². The minimum atomic E-state index is -0.392. The average Bonchev–Trinajstić information content (AvgIpc) is 2.41. The molecule has 0 bridgehead atoms. The van der Waals surface area contributed by atoms with Gasteiger partial charge >= 0.3 is 0 Å². The summed E-state index contributed by atoms with van der Waals surface area (Å²) in [6.07, 6.45) is 0. The van der Waals surface area contributed by atoms with E-state index in [1.165, 1.54) is 13.2 Å². The van der Waals surface area contributed by atoms with Gasteiger partial charge in [0.05, 0.1) is 7.11 Å². The molecule has 0 unspecified atom stereocenters. The van der Waals surface area contributed by atoms with E-state index < -0.39 is 5.82 Å². The lowest BCUT2D eigenvalue weighted by Gasteiger charge is -2.09. The van der Waals surface area contributed by atoms with E-state index in [1.54, 1.807) is 12.1 Å². The molecule has 0 aliphatic carbocycles. The Morgan fingerprint density at radius 1 is 1.16 bits per heavy atom. The Balaban J connectivity index is 2.19. The van der Waals surface area contributed by atoms with Gasteiger partial charge in [0.25, 0.3) is 0 Å². The molecule has 0 atom stereocenters. The number of ether oxygens (including phenoxy) is 1. The number of benzene rings is 2. The van der Waals surface area contributed by atoms with Gasteiger partial charge in [0.15, 0.2) is 11.6 Å². The van der Waals surface area contributed by atoms with Crippen molar-refractivity contribution in [3.05, 3.63) is 53.8 Å². The average molecular weight is 276 g/mol. The maximum Gasteiger partial charge on any atom is 0.165 e. The predicted octanol–water partition coefficient (Wildman–Crippen LogP) is 3.21. The smallest absolute Gasteiger partial charge is 0.165 e. The number of thiocarbonyl (C=S) groups is 1. The lowest BCUT2D eigenvalue weighted by molar-refractivity contribution is 0.387. The third-order valence-corrected chi connectivity index (χ3v) is 2.84. The van der Waals surface area contributed by atoms with Gasteiger partial charge in [-0.05, 0) is 36.4 Å². The van der Waals surface area contributed by atoms with Crippen molar-refractivity contribution in [2.45, 2.75) is 0 Å². The van der Waals surface area contributed by atoms with Gasteiger partial charge < -0.3 is 15.8 Å². The first-order chi connectivity index (χ1) is 9.10. The predicted molar refractivity (Wildman–Crippen MR) is 78.6 cm³/mol. The fourth-order valence-corrected chi connectivity index (χ4v) is 1.76. The van der Waals surface area contributed by atoms with Crippen LogP contribution >= 0.6 is 12.2 Å². The lowest BCUT2D eigenvalue weighted by Crippen LogP contribution is -2.08. The minimum Gasteiger partial charge on any atom is -0.494 e. The van der Waals surface area contributed by atoms with E-state index in [1.807, 2.05) is 24.3 Å². The number of nitrogens with two attached hydrogens (primary N) is 1. The monoisotopic (exact) mass is 276 g/mol. The van der Waals surface area contributed by atoms with Crippen LogP contribution < -0.4 is 15.8 Å². The molecular formula is C14H13FN2OS. The van der Waals surface area contributed by atoms with E-state index in [2.05, 4.69) is 5.32 Å². The Labute approximate surface area is 116 Å². The summed E-state index contributed by atoms with van der Waals surface area (Å²) in [7, 11) is 1.43. The van der Waals surface area contributed by atoms with Crippen LogP contribution in [0.5, 0.6) is 5.75 Å². The summed E-state index contributed by atoms with van der Waals surface area (Å²) in [5.74, 6) is -0.193. The Hall–Kier alpha value is -2.14. The van der Waals surface area contributed by atoms with E-state index in [4.69, 9.17) is 22.7 Å². The van der Waals surface area contributed by atoms with Crippen molar-refractivity contribution in [1.82, 2.24) is 0 Å². The van der Waals surface area contributed by atoms with E-state index in [-0.39, 0.29) is 5.75 Å². The molecule has 2 aromatic rings. The second-order valence-electron chi connectivity index (χ2n) is 3.92. The van der Waals surface area contributed by atoms with Crippen LogP contribution in [0.1, 0.15) is 5.56 Å². The maximum atomic E-state index is 13.3. The number of rotatable bonds is 4. The standard InChI is InChI=1S/C14H13FN2OS/c1-18-13-8-11(6-7-12(13)15)17-10-4-2-9(3-5-10)14(16)19/h2-8,17H,1H3,(H2,16,19). The van der Waals surface area contributed by atoms with E-state index in [9.17, 15) is 4.39 Å². The molecule has 19 heavy (non-hydrogen) atoms. The zero-order valence-electron chi connectivity index (χ0n) is 10.3. The van der Waals surface area contributed by atoms with Gasteiger partial charge in [0, 0.05) is 23.0 Å². The lowest BCUT2D eigenvalue weighted by atomic mass is 10.2. The molecule has 98 valence electrons. The molecule has 3 nitrogen and oxygen atoms in total. The van der Waals surface area contributed by atoms with Crippen molar-refractivity contribution in [3.8, 4) is 5.75 Å². The van der Waals surface area contributed by atoms with Crippen LogP contribution in [0.3, 0.4) is 0 Å². The Kier molecular flexibility index (Phi) is 3.97. The van der Waals surface area contributed by atoms with Crippen LogP contribution in [0, 0.1) is 5.82 Å². The second kappa shape index (κ2) is 5.67. The SMILES string of the molecule is COc1cc(Nc2ccc(C(N)=S)cc2)ccc1F. The van der Waals surface area contributed by atoms with E-state index in [0.717, 1.165) is 16.9 Å². The first-order valence-corrected chi connectivity index (χ1v) is 6.01. The summed E-state index contributed by atoms with van der Waals surface area (Å²) in [5.41, 5.74) is 7.92. The van der Waals surface area contributed by atoms with Crippen LogP contribution in [-0.4, -0.2) is 12.1 Å². The summed E-state index contributed by atoms with van der Waals surface area (Å²) in [4.78, 5) is 0.356. The molecule has 0 amide bonds. The van der Waals surface area contributed by atoms with Crippen molar-refractivity contribution in [2.75, 3.05) is 12.4 Å². The number of nitrogens with one attached hydrogen (secondary N) is 1. The highest BCUT2D eigenvalue weighted by atomic mass is 32.1. The number of methoxy groups -OCH3 is 1. The third-order valence-electron chi connectivity index (χ3n) is 2.61. The third kappa shape index (κ3) is 3.20. The first kappa shape index (κ1) is 13.3. The second-order valence-corrected chi connectivity index (χ2v) is 4.36. The molecule has 5 heteroatoms. The molecule has 0 radical (unpaired) electrons. The normalized spacial score (nSPS) is 10.0. The number of hydrogen-bond acceptors (Lipinski definition) is 3. The summed E-state index contributed by atoms with van der Waals surface area (Å²) in [6.45, 7) is 0. The molecule has 0 fully saturated rings. The van der Waals surface area contributed by atoms with Crippen LogP contribution in [-0.2, 0) is 0 Å². The Bertz CT molecular complexity index is 599. The molecule has 0 saturated carbocycles. The maximum absolute atomic E-state index is 13.3. The van der Waals surface area contributed by atoms with Crippen LogP contribution in [0.25, 0.3) is 0 Å². The summed E-state index contributed by atoms with van der Waals surface area (Å²) >= 11 is 4.88. The van der Waals surface area contributed by atoms with Gasteiger partial charge in [0.1, 0.15) is 4.99 Å². The molecule has 0 aliphatic heterocycles. The van der Waals surface area contributed by atoms with Crippen LogP contribution in [0.2, 0.25) is 0 Å². The van der Waals surface area contributed by atoms with Crippen LogP contribution in [0.15, 0.2) is 42.5 Å². The summed E-state index contributed by atoms with van der Waals surface area (Å²) in [5, 5.41) is 3.14. The Morgan fingerprint density at radius 2 is 1.79 bits per heavy atom. The van der Waals surface area contributed by atoms with Crippen molar-refractivity contribution in [3.63, 3.8) is 0 Å². The molecular weight excluding hydrogens is 263 g/mol.